The van der Waals surface area contributed by atoms with E-state index in [4.69, 9.17) is 4.74 Å². The van der Waals surface area contributed by atoms with Crippen LogP contribution in [0.3, 0.4) is 0 Å². The SMILES string of the molecule is CCCOCCCN(C)C(=O)CC. The number of carbonyl (C=O) groups excluding carboxylic acids is 1. The highest BCUT2D eigenvalue weighted by atomic mass is 16.5. The quantitative estimate of drug-likeness (QED) is 0.567. The molecule has 0 aromatic heterocycles. The Balaban J connectivity index is 3.26. The molecule has 3 nitrogen and oxygen atoms in total. The highest BCUT2D eigenvalue weighted by Crippen LogP contribution is 1.93. The van der Waals surface area contributed by atoms with Gasteiger partial charge in [-0.1, -0.05) is 13.8 Å². The first kappa shape index (κ1) is 12.4. The number of ether oxygens (including phenoxy) is 1. The van der Waals surface area contributed by atoms with Gasteiger partial charge >= 0.3 is 0 Å². The Morgan fingerprint density at radius 2 is 2.00 bits per heavy atom. The van der Waals surface area contributed by atoms with Gasteiger partial charge in [-0.25, -0.2) is 0 Å². The molecule has 0 aromatic carbocycles. The average molecular weight is 187 g/mol. The Kier molecular flexibility index (Phi) is 7.69. The fourth-order valence-corrected chi connectivity index (χ4v) is 1.04. The maximum absolute atomic E-state index is 11.1. The topological polar surface area (TPSA) is 29.5 Å². The molecular weight excluding hydrogens is 166 g/mol. The molecule has 0 bridgehead atoms. The molecule has 0 N–H and O–H groups in total. The first-order valence-corrected chi connectivity index (χ1v) is 5.04. The number of rotatable bonds is 7. The Bertz CT molecular complexity index is 137. The van der Waals surface area contributed by atoms with Crippen LogP contribution >= 0.6 is 0 Å². The van der Waals surface area contributed by atoms with Gasteiger partial charge in [-0.05, 0) is 12.8 Å². The third-order valence-corrected chi connectivity index (χ3v) is 1.86. The molecule has 0 saturated carbocycles. The molecule has 0 aliphatic heterocycles. The highest BCUT2D eigenvalue weighted by molar-refractivity contribution is 5.75. The molecule has 0 radical (unpaired) electrons. The molecule has 13 heavy (non-hydrogen) atoms. The summed E-state index contributed by atoms with van der Waals surface area (Å²) in [6, 6.07) is 0. The lowest BCUT2D eigenvalue weighted by Crippen LogP contribution is -2.27. The van der Waals surface area contributed by atoms with E-state index in [0.717, 1.165) is 32.6 Å². The summed E-state index contributed by atoms with van der Waals surface area (Å²) >= 11 is 0. The summed E-state index contributed by atoms with van der Waals surface area (Å²) in [4.78, 5) is 12.9. The van der Waals surface area contributed by atoms with E-state index in [9.17, 15) is 4.79 Å². The minimum Gasteiger partial charge on any atom is -0.381 e. The van der Waals surface area contributed by atoms with Crippen molar-refractivity contribution in [2.45, 2.75) is 33.1 Å². The van der Waals surface area contributed by atoms with Crippen LogP contribution in [0.15, 0.2) is 0 Å². The normalized spacial score (nSPS) is 10.1. The van der Waals surface area contributed by atoms with E-state index in [1.165, 1.54) is 0 Å². The van der Waals surface area contributed by atoms with Crippen LogP contribution in [0, 0.1) is 0 Å². The fraction of sp³-hybridized carbons (Fsp3) is 0.900. The van der Waals surface area contributed by atoms with Crippen molar-refractivity contribution >= 4 is 5.91 Å². The van der Waals surface area contributed by atoms with Gasteiger partial charge in [0.2, 0.25) is 5.91 Å². The van der Waals surface area contributed by atoms with Crippen LogP contribution in [0.1, 0.15) is 33.1 Å². The third-order valence-electron chi connectivity index (χ3n) is 1.86. The summed E-state index contributed by atoms with van der Waals surface area (Å²) in [5.74, 6) is 0.204. The van der Waals surface area contributed by atoms with Crippen LogP contribution in [0.4, 0.5) is 0 Å². The molecule has 0 atom stereocenters. The van der Waals surface area contributed by atoms with Crippen LogP contribution in [0.5, 0.6) is 0 Å². The summed E-state index contributed by atoms with van der Waals surface area (Å²) in [7, 11) is 1.84. The molecule has 3 heteroatoms. The van der Waals surface area contributed by atoms with Gasteiger partial charge in [-0.15, -0.1) is 0 Å². The van der Waals surface area contributed by atoms with Crippen molar-refractivity contribution in [2.75, 3.05) is 26.8 Å². The number of hydrogen-bond acceptors (Lipinski definition) is 2. The van der Waals surface area contributed by atoms with Crippen LogP contribution in [-0.4, -0.2) is 37.6 Å². The second-order valence-corrected chi connectivity index (χ2v) is 3.13. The summed E-state index contributed by atoms with van der Waals surface area (Å²) in [6.45, 7) is 6.36. The van der Waals surface area contributed by atoms with Gasteiger partial charge in [0, 0.05) is 33.2 Å². The molecule has 0 saturated heterocycles. The van der Waals surface area contributed by atoms with Gasteiger partial charge < -0.3 is 9.64 Å². The monoisotopic (exact) mass is 187 g/mol. The lowest BCUT2D eigenvalue weighted by atomic mass is 10.3. The molecule has 1 amide bonds. The van der Waals surface area contributed by atoms with E-state index in [-0.39, 0.29) is 5.91 Å². The maximum Gasteiger partial charge on any atom is 0.222 e. The second-order valence-electron chi connectivity index (χ2n) is 3.13. The zero-order valence-electron chi connectivity index (χ0n) is 9.01. The highest BCUT2D eigenvalue weighted by Gasteiger charge is 2.03. The van der Waals surface area contributed by atoms with E-state index in [1.54, 1.807) is 4.90 Å². The number of hydrogen-bond donors (Lipinski definition) is 0. The number of carbonyl (C=O) groups is 1. The van der Waals surface area contributed by atoms with E-state index in [0.29, 0.717) is 6.42 Å². The predicted molar refractivity (Wildman–Crippen MR) is 53.7 cm³/mol. The number of amides is 1. The Labute approximate surface area is 81.1 Å². The van der Waals surface area contributed by atoms with Crippen LogP contribution < -0.4 is 0 Å². The van der Waals surface area contributed by atoms with Gasteiger partial charge in [0.1, 0.15) is 0 Å². The standard InChI is InChI=1S/C10H21NO2/c1-4-8-13-9-6-7-11(3)10(12)5-2/h4-9H2,1-3H3. The van der Waals surface area contributed by atoms with Gasteiger partial charge in [0.15, 0.2) is 0 Å². The molecule has 0 aliphatic rings. The van der Waals surface area contributed by atoms with Crippen molar-refractivity contribution in [2.24, 2.45) is 0 Å². The van der Waals surface area contributed by atoms with E-state index >= 15 is 0 Å². The van der Waals surface area contributed by atoms with Gasteiger partial charge in [-0.2, -0.15) is 0 Å². The van der Waals surface area contributed by atoms with Crippen molar-refractivity contribution in [1.29, 1.82) is 0 Å². The van der Waals surface area contributed by atoms with Crippen LogP contribution in [0.2, 0.25) is 0 Å². The second kappa shape index (κ2) is 8.05. The molecular formula is C10H21NO2. The van der Waals surface area contributed by atoms with Crippen molar-refractivity contribution in [1.82, 2.24) is 4.90 Å². The molecule has 0 aliphatic carbocycles. The zero-order valence-corrected chi connectivity index (χ0v) is 9.01. The minimum atomic E-state index is 0.204. The van der Waals surface area contributed by atoms with Gasteiger partial charge in [0.25, 0.3) is 0 Å². The van der Waals surface area contributed by atoms with E-state index in [1.807, 2.05) is 14.0 Å². The summed E-state index contributed by atoms with van der Waals surface area (Å²) in [5, 5.41) is 0. The lowest BCUT2D eigenvalue weighted by Gasteiger charge is -2.15. The molecule has 78 valence electrons. The smallest absolute Gasteiger partial charge is 0.222 e. The van der Waals surface area contributed by atoms with Gasteiger partial charge in [-0.3, -0.25) is 4.79 Å². The molecule has 0 unspecified atom stereocenters. The van der Waals surface area contributed by atoms with E-state index in [2.05, 4.69) is 6.92 Å². The molecule has 0 aromatic rings. The van der Waals surface area contributed by atoms with Crippen molar-refractivity contribution in [3.63, 3.8) is 0 Å². The van der Waals surface area contributed by atoms with Crippen molar-refractivity contribution in [3.05, 3.63) is 0 Å². The summed E-state index contributed by atoms with van der Waals surface area (Å²) < 4.78 is 5.31. The van der Waals surface area contributed by atoms with Crippen molar-refractivity contribution in [3.8, 4) is 0 Å². The molecule has 0 spiro atoms. The Morgan fingerprint density at radius 3 is 2.54 bits per heavy atom. The molecule has 0 fully saturated rings. The first-order chi connectivity index (χ1) is 6.22. The minimum absolute atomic E-state index is 0.204. The van der Waals surface area contributed by atoms with E-state index < -0.39 is 0 Å². The Hall–Kier alpha value is -0.570. The molecule has 0 rings (SSSR count). The lowest BCUT2D eigenvalue weighted by molar-refractivity contribution is -0.129. The average Bonchev–Trinajstić information content (AvgIpc) is 2.16. The Morgan fingerprint density at radius 1 is 1.31 bits per heavy atom. The maximum atomic E-state index is 11.1. The third kappa shape index (κ3) is 6.58. The molecule has 0 heterocycles. The van der Waals surface area contributed by atoms with Crippen molar-refractivity contribution < 1.29 is 9.53 Å². The largest absolute Gasteiger partial charge is 0.381 e. The summed E-state index contributed by atoms with van der Waals surface area (Å²) in [5.41, 5.74) is 0. The summed E-state index contributed by atoms with van der Waals surface area (Å²) in [6.07, 6.45) is 2.58. The number of nitrogens with zero attached hydrogens (tertiary/aromatic N) is 1. The fourth-order valence-electron chi connectivity index (χ4n) is 1.04. The van der Waals surface area contributed by atoms with Gasteiger partial charge in [0.05, 0.1) is 0 Å². The predicted octanol–water partition coefficient (Wildman–Crippen LogP) is 1.67. The first-order valence-electron chi connectivity index (χ1n) is 5.04. The van der Waals surface area contributed by atoms with Crippen LogP contribution in [0.25, 0.3) is 0 Å². The zero-order chi connectivity index (χ0) is 10.1. The van der Waals surface area contributed by atoms with Crippen LogP contribution in [-0.2, 0) is 9.53 Å².